The van der Waals surface area contributed by atoms with Crippen molar-refractivity contribution >= 4 is 10.3 Å². The Kier molecular flexibility index (Phi) is 5.49. The van der Waals surface area contributed by atoms with Crippen LogP contribution in [-0.4, -0.2) is 24.3 Å². The third-order valence-corrected chi connectivity index (χ3v) is 3.43. The molecule has 108 valence electrons. The van der Waals surface area contributed by atoms with Crippen LogP contribution in [0.4, 0.5) is 0 Å². The summed E-state index contributed by atoms with van der Waals surface area (Å²) in [5.74, 6) is 0.116. The van der Waals surface area contributed by atoms with E-state index >= 15 is 0 Å². The summed E-state index contributed by atoms with van der Waals surface area (Å²) in [6, 6.07) is 7.65. The second kappa shape index (κ2) is 6.47. The highest BCUT2D eigenvalue weighted by atomic mass is 32.2. The molecule has 1 aromatic carbocycles. The van der Waals surface area contributed by atoms with Gasteiger partial charge in [-0.05, 0) is 23.5 Å². The lowest BCUT2D eigenvalue weighted by Crippen LogP contribution is -2.37. The lowest BCUT2D eigenvalue weighted by Gasteiger charge is -2.19. The molecular formula is C13H21NO4S. The van der Waals surface area contributed by atoms with E-state index in [1.165, 1.54) is 5.56 Å². The summed E-state index contributed by atoms with van der Waals surface area (Å²) in [7, 11) is -4.40. The number of aliphatic hydroxyl groups is 1. The van der Waals surface area contributed by atoms with Crippen molar-refractivity contribution in [3.05, 3.63) is 35.4 Å². The maximum atomic E-state index is 10.6. The Morgan fingerprint density at radius 1 is 1.16 bits per heavy atom. The van der Waals surface area contributed by atoms with Gasteiger partial charge in [0.2, 0.25) is 0 Å². The van der Waals surface area contributed by atoms with Crippen LogP contribution in [0, 0.1) is 5.92 Å². The third kappa shape index (κ3) is 5.69. The van der Waals surface area contributed by atoms with Gasteiger partial charge in [0, 0.05) is 5.92 Å². The molecule has 0 spiro atoms. The van der Waals surface area contributed by atoms with E-state index in [9.17, 15) is 13.5 Å². The highest BCUT2D eigenvalue weighted by molar-refractivity contribution is 7.83. The number of nitrogens with one attached hydrogen (secondary N) is 1. The molecule has 2 unspecified atom stereocenters. The molecule has 0 aromatic heterocycles. The van der Waals surface area contributed by atoms with Crippen molar-refractivity contribution < 1.29 is 18.1 Å². The number of hydrogen-bond donors (Lipinski definition) is 3. The lowest BCUT2D eigenvalue weighted by molar-refractivity contribution is 0.135. The van der Waals surface area contributed by atoms with Crippen molar-refractivity contribution in [3.63, 3.8) is 0 Å². The van der Waals surface area contributed by atoms with Crippen LogP contribution in [0.3, 0.4) is 0 Å². The molecule has 1 aromatic rings. The van der Waals surface area contributed by atoms with Crippen LogP contribution in [0.25, 0.3) is 0 Å². The first kappa shape index (κ1) is 16.1. The van der Waals surface area contributed by atoms with Crippen molar-refractivity contribution in [2.24, 2.45) is 5.92 Å². The lowest BCUT2D eigenvalue weighted by atomic mass is 9.96. The fraction of sp³-hybridized carbons (Fsp3) is 0.538. The molecule has 0 fully saturated rings. The summed E-state index contributed by atoms with van der Waals surface area (Å²) in [5, 5.41) is 9.67. The molecule has 0 aliphatic carbocycles. The monoisotopic (exact) mass is 287 g/mol. The molecule has 0 aliphatic heterocycles. The molecule has 6 heteroatoms. The summed E-state index contributed by atoms with van der Waals surface area (Å²) in [4.78, 5) is 0. The number of hydrogen-bond acceptors (Lipinski definition) is 3. The maximum Gasteiger partial charge on any atom is 0.335 e. The first-order valence-electron chi connectivity index (χ1n) is 6.20. The molecule has 0 saturated carbocycles. The van der Waals surface area contributed by atoms with Crippen LogP contribution in [0.1, 0.15) is 37.8 Å². The van der Waals surface area contributed by atoms with Gasteiger partial charge >= 0.3 is 10.3 Å². The normalized spacial score (nSPS) is 15.5. The Labute approximate surface area is 114 Å². The van der Waals surface area contributed by atoms with E-state index in [4.69, 9.17) is 4.55 Å². The third-order valence-electron chi connectivity index (χ3n) is 2.89. The van der Waals surface area contributed by atoms with Crippen LogP contribution in [-0.2, 0) is 16.7 Å². The van der Waals surface area contributed by atoms with Crippen LogP contribution in [0.5, 0.6) is 0 Å². The standard InChI is InChI=1S/C13H21NO4S/c1-9(2)8-11-4-6-12(7-5-11)10(3)13(15)14-19(16,17)18/h4-7,9-10,13-15H,8H2,1-3H3,(H,16,17,18). The molecule has 1 rings (SSSR count). The minimum Gasteiger partial charge on any atom is -0.377 e. The summed E-state index contributed by atoms with van der Waals surface area (Å²) >= 11 is 0. The van der Waals surface area contributed by atoms with Crippen LogP contribution in [0.15, 0.2) is 24.3 Å². The minimum atomic E-state index is -4.40. The van der Waals surface area contributed by atoms with Crippen molar-refractivity contribution in [1.29, 1.82) is 0 Å². The predicted octanol–water partition coefficient (Wildman–Crippen LogP) is 1.70. The Morgan fingerprint density at radius 2 is 1.68 bits per heavy atom. The summed E-state index contributed by atoms with van der Waals surface area (Å²) in [5.41, 5.74) is 2.00. The van der Waals surface area contributed by atoms with Gasteiger partial charge in [0.1, 0.15) is 6.23 Å². The molecule has 0 radical (unpaired) electrons. The summed E-state index contributed by atoms with van der Waals surface area (Å²) in [6.45, 7) is 5.95. The van der Waals surface area contributed by atoms with Crippen molar-refractivity contribution in [3.8, 4) is 0 Å². The highest BCUT2D eigenvalue weighted by Crippen LogP contribution is 2.20. The zero-order valence-corrected chi connectivity index (χ0v) is 12.2. The van der Waals surface area contributed by atoms with Gasteiger partial charge in [-0.1, -0.05) is 45.0 Å². The predicted molar refractivity (Wildman–Crippen MR) is 74.1 cm³/mol. The topological polar surface area (TPSA) is 86.6 Å². The van der Waals surface area contributed by atoms with Crippen molar-refractivity contribution in [2.75, 3.05) is 0 Å². The van der Waals surface area contributed by atoms with E-state index in [-0.39, 0.29) is 0 Å². The number of benzene rings is 1. The van der Waals surface area contributed by atoms with E-state index in [0.29, 0.717) is 5.92 Å². The quantitative estimate of drug-likeness (QED) is 0.549. The first-order chi connectivity index (χ1) is 8.69. The average molecular weight is 287 g/mol. The molecule has 0 bridgehead atoms. The fourth-order valence-electron chi connectivity index (χ4n) is 1.87. The van der Waals surface area contributed by atoms with Crippen LogP contribution < -0.4 is 4.72 Å². The molecule has 2 atom stereocenters. The SMILES string of the molecule is CC(C)Cc1ccc(C(C)C(O)NS(=O)(=O)O)cc1. The smallest absolute Gasteiger partial charge is 0.335 e. The van der Waals surface area contributed by atoms with Gasteiger partial charge < -0.3 is 5.11 Å². The van der Waals surface area contributed by atoms with Gasteiger partial charge in [0.15, 0.2) is 0 Å². The van der Waals surface area contributed by atoms with Gasteiger partial charge in [0.05, 0.1) is 0 Å². The Morgan fingerprint density at radius 3 is 2.11 bits per heavy atom. The fourth-order valence-corrected chi connectivity index (χ4v) is 2.37. The van der Waals surface area contributed by atoms with E-state index in [2.05, 4.69) is 13.8 Å². The zero-order chi connectivity index (χ0) is 14.6. The highest BCUT2D eigenvalue weighted by Gasteiger charge is 2.20. The van der Waals surface area contributed by atoms with Crippen LogP contribution in [0.2, 0.25) is 0 Å². The molecule has 5 nitrogen and oxygen atoms in total. The Balaban J connectivity index is 2.74. The second-order valence-corrected chi connectivity index (χ2v) is 6.35. The number of rotatable bonds is 6. The maximum absolute atomic E-state index is 10.6. The Hall–Kier alpha value is -0.950. The minimum absolute atomic E-state index is 0.449. The zero-order valence-electron chi connectivity index (χ0n) is 11.4. The summed E-state index contributed by atoms with van der Waals surface area (Å²) < 4.78 is 31.7. The van der Waals surface area contributed by atoms with Gasteiger partial charge in [-0.15, -0.1) is 0 Å². The van der Waals surface area contributed by atoms with E-state index < -0.39 is 22.4 Å². The largest absolute Gasteiger partial charge is 0.377 e. The van der Waals surface area contributed by atoms with Crippen LogP contribution >= 0.6 is 0 Å². The van der Waals surface area contributed by atoms with Gasteiger partial charge in [-0.2, -0.15) is 13.1 Å². The van der Waals surface area contributed by atoms with Gasteiger partial charge in [-0.3, -0.25) is 4.55 Å². The summed E-state index contributed by atoms with van der Waals surface area (Å²) in [6.07, 6.45) is -0.383. The average Bonchev–Trinajstić information content (AvgIpc) is 2.26. The van der Waals surface area contributed by atoms with Gasteiger partial charge in [-0.25, -0.2) is 0 Å². The van der Waals surface area contributed by atoms with Gasteiger partial charge in [0.25, 0.3) is 0 Å². The van der Waals surface area contributed by atoms with Crippen molar-refractivity contribution in [2.45, 2.75) is 39.3 Å². The molecule has 0 saturated heterocycles. The molecule has 19 heavy (non-hydrogen) atoms. The molecule has 0 heterocycles. The first-order valence-corrected chi connectivity index (χ1v) is 7.64. The van der Waals surface area contributed by atoms with E-state index in [1.807, 2.05) is 24.3 Å². The molecule has 0 aliphatic rings. The number of aliphatic hydroxyl groups excluding tert-OH is 1. The van der Waals surface area contributed by atoms with E-state index in [1.54, 1.807) is 11.6 Å². The molecule has 0 amide bonds. The Bertz CT molecular complexity index is 496. The van der Waals surface area contributed by atoms with E-state index in [0.717, 1.165) is 12.0 Å². The van der Waals surface area contributed by atoms with Crippen molar-refractivity contribution in [1.82, 2.24) is 4.72 Å². The molecule has 3 N–H and O–H groups in total. The second-order valence-electron chi connectivity index (χ2n) is 5.17. The molecular weight excluding hydrogens is 266 g/mol.